The summed E-state index contributed by atoms with van der Waals surface area (Å²) in [5.41, 5.74) is 0. The second-order valence-electron chi connectivity index (χ2n) is 31.1. The maximum absolute atomic E-state index is 13.4. The smallest absolute Gasteiger partial charge is 0.229 e. The Bertz CT molecular complexity index is 1810. The lowest BCUT2D eigenvalue weighted by Crippen LogP contribution is -2.49. The van der Waals surface area contributed by atoms with Crippen LogP contribution >= 0.6 is 0 Å². The molecule has 0 saturated carbocycles. The van der Waals surface area contributed by atoms with E-state index in [4.69, 9.17) is 9.47 Å². The van der Waals surface area contributed by atoms with Gasteiger partial charge >= 0.3 is 0 Å². The van der Waals surface area contributed by atoms with Gasteiger partial charge in [-0.25, -0.2) is 0 Å². The lowest BCUT2D eigenvalue weighted by Gasteiger charge is -2.39. The summed E-state index contributed by atoms with van der Waals surface area (Å²) in [6.45, 7) is 65.9. The number of hydrogen-bond acceptors (Lipinski definition) is 6. The highest BCUT2D eigenvalue weighted by Crippen LogP contribution is 2.42. The van der Waals surface area contributed by atoms with E-state index in [1.807, 2.05) is 6.92 Å². The maximum Gasteiger partial charge on any atom is 0.229 e. The van der Waals surface area contributed by atoms with Crippen molar-refractivity contribution in [1.29, 1.82) is 0 Å². The van der Waals surface area contributed by atoms with Crippen molar-refractivity contribution in [1.82, 2.24) is 19.6 Å². The lowest BCUT2D eigenvalue weighted by atomic mass is 9.79. The van der Waals surface area contributed by atoms with Crippen LogP contribution in [0.5, 0.6) is 0 Å². The third-order valence-corrected chi connectivity index (χ3v) is 21.7. The largest absolute Gasteiger partial charge is 0.381 e. The molecule has 10 heteroatoms. The number of carbonyl (C=O) groups excluding carboxylic acids is 4. The second kappa shape index (κ2) is 34.4. The van der Waals surface area contributed by atoms with Gasteiger partial charge < -0.3 is 29.1 Å². The van der Waals surface area contributed by atoms with Crippen molar-refractivity contribution >= 4 is 23.6 Å². The molecule has 5 rings (SSSR count). The van der Waals surface area contributed by atoms with E-state index in [2.05, 4.69) is 213 Å². The predicted octanol–water partition coefficient (Wildman–Crippen LogP) is 16.7. The Morgan fingerprint density at radius 2 is 0.805 bits per heavy atom. The van der Waals surface area contributed by atoms with E-state index in [0.717, 1.165) is 64.6 Å². The van der Waals surface area contributed by atoms with Gasteiger partial charge in [0.05, 0.1) is 18.6 Å². The summed E-state index contributed by atoms with van der Waals surface area (Å²) in [6, 6.07) is 3.12. The molecule has 0 spiro atoms. The molecule has 82 heavy (non-hydrogen) atoms. The fourth-order valence-corrected chi connectivity index (χ4v) is 15.5. The number of ether oxygens (including phenoxy) is 2. The number of rotatable bonds is 19. The van der Waals surface area contributed by atoms with Gasteiger partial charge in [0.2, 0.25) is 23.6 Å². The van der Waals surface area contributed by atoms with Crippen LogP contribution in [0.4, 0.5) is 0 Å². The monoisotopic (exact) mass is 1160 g/mol. The summed E-state index contributed by atoms with van der Waals surface area (Å²) < 4.78 is 11.1. The minimum atomic E-state index is -0.0472. The van der Waals surface area contributed by atoms with Gasteiger partial charge in [-0.3, -0.25) is 19.2 Å². The molecule has 482 valence electrons. The molecule has 0 N–H and O–H groups in total. The minimum Gasteiger partial charge on any atom is -0.381 e. The number of amides is 4. The Hall–Kier alpha value is -2.20. The fourth-order valence-electron chi connectivity index (χ4n) is 15.5. The summed E-state index contributed by atoms with van der Waals surface area (Å²) in [7, 11) is 1.70. The Labute approximate surface area is 509 Å². The first-order valence-corrected chi connectivity index (χ1v) is 34.3. The van der Waals surface area contributed by atoms with Gasteiger partial charge in [0.15, 0.2) is 0 Å². The van der Waals surface area contributed by atoms with Crippen LogP contribution in [0.2, 0.25) is 0 Å². The predicted molar refractivity (Wildman–Crippen MR) is 347 cm³/mol. The van der Waals surface area contributed by atoms with Crippen LogP contribution in [0.25, 0.3) is 0 Å². The number of methoxy groups -OCH3 is 1. The van der Waals surface area contributed by atoms with E-state index in [0.29, 0.717) is 155 Å². The van der Waals surface area contributed by atoms with Crippen molar-refractivity contribution in [3.8, 4) is 0 Å². The van der Waals surface area contributed by atoms with E-state index in [1.54, 1.807) is 7.11 Å². The van der Waals surface area contributed by atoms with Gasteiger partial charge in [-0.2, -0.15) is 0 Å². The normalized spacial score (nSPS) is 30.9. The molecule has 0 radical (unpaired) electrons. The molecule has 10 nitrogen and oxygen atoms in total. The summed E-state index contributed by atoms with van der Waals surface area (Å²) in [5, 5.41) is 0. The van der Waals surface area contributed by atoms with Gasteiger partial charge in [0.1, 0.15) is 0 Å². The van der Waals surface area contributed by atoms with Gasteiger partial charge in [-0.1, -0.05) is 173 Å². The van der Waals surface area contributed by atoms with Crippen LogP contribution < -0.4 is 0 Å². The zero-order valence-electron chi connectivity index (χ0n) is 59.5. The molecule has 0 aromatic carbocycles. The van der Waals surface area contributed by atoms with Crippen molar-refractivity contribution in [2.45, 2.75) is 307 Å². The van der Waals surface area contributed by atoms with Crippen LogP contribution in [0.3, 0.4) is 0 Å². The Kier molecular flexibility index (Phi) is 31.8. The topological polar surface area (TPSA) is 99.7 Å². The van der Waals surface area contributed by atoms with E-state index in [-0.39, 0.29) is 35.7 Å². The number of nitrogens with zero attached hydrogens (tertiary/aromatic N) is 4. The molecule has 15 unspecified atom stereocenters. The molecule has 5 aliphatic rings. The quantitative estimate of drug-likeness (QED) is 0.128. The Morgan fingerprint density at radius 3 is 1.07 bits per heavy atom. The first-order valence-electron chi connectivity index (χ1n) is 34.3. The van der Waals surface area contributed by atoms with Crippen molar-refractivity contribution in [3.05, 3.63) is 0 Å². The van der Waals surface area contributed by atoms with E-state index < -0.39 is 0 Å². The van der Waals surface area contributed by atoms with E-state index in [1.165, 1.54) is 0 Å². The summed E-state index contributed by atoms with van der Waals surface area (Å²) >= 11 is 0. The molecule has 4 amide bonds. The molecule has 19 atom stereocenters. The van der Waals surface area contributed by atoms with Crippen LogP contribution in [0.1, 0.15) is 252 Å². The first kappa shape index (κ1) is 75.9. The van der Waals surface area contributed by atoms with Crippen molar-refractivity contribution in [2.24, 2.45) is 112 Å². The summed E-state index contributed by atoms with van der Waals surface area (Å²) in [5.74, 6) is 9.49. The van der Waals surface area contributed by atoms with Crippen molar-refractivity contribution in [2.75, 3.05) is 20.3 Å². The molecular formula is C72H138N4O6. The third kappa shape index (κ3) is 19.4. The van der Waals surface area contributed by atoms with Crippen LogP contribution in [0.15, 0.2) is 0 Å². The van der Waals surface area contributed by atoms with Crippen LogP contribution in [-0.4, -0.2) is 118 Å². The minimum absolute atomic E-state index is 0.0292. The molecular weight excluding hydrogens is 1020 g/mol. The van der Waals surface area contributed by atoms with Gasteiger partial charge in [0, 0.05) is 79.8 Å². The van der Waals surface area contributed by atoms with E-state index in [9.17, 15) is 19.2 Å². The SMILES string of the molecule is CC(C)C(C(=O)N1C(C)C(C)C[C@H]1C(C)C)C1CCCOC1.CC(C)CC(C(=O)N1C(C)C(C)C[C@H]1C(C)C)C(C)C.CCC(C)C(C(=O)N1C(C)C(C)C[C@H]1C(C)C)C(C)C.COC(C)C(C(=O)N1C(C)C(C)C[C@H]1C(C)C)C(C)C. The number of carbonyl (C=O) groups is 4. The third-order valence-electron chi connectivity index (χ3n) is 21.7. The summed E-state index contributed by atoms with van der Waals surface area (Å²) in [4.78, 5) is 61.7. The van der Waals surface area contributed by atoms with Crippen molar-refractivity contribution in [3.63, 3.8) is 0 Å². The highest BCUT2D eigenvalue weighted by molar-refractivity contribution is 5.82. The molecule has 0 aliphatic carbocycles. The average Bonchev–Trinajstić information content (AvgIpc) is 4.20. The molecule has 0 aromatic rings. The van der Waals surface area contributed by atoms with Crippen LogP contribution in [-0.2, 0) is 28.7 Å². The highest BCUT2D eigenvalue weighted by atomic mass is 16.5. The molecule has 0 bridgehead atoms. The van der Waals surface area contributed by atoms with Gasteiger partial charge in [0.25, 0.3) is 0 Å². The molecule has 0 aromatic heterocycles. The maximum atomic E-state index is 13.4. The van der Waals surface area contributed by atoms with Crippen molar-refractivity contribution < 1.29 is 28.7 Å². The number of likely N-dealkylation sites (tertiary alicyclic amines) is 4. The molecule has 5 saturated heterocycles. The first-order chi connectivity index (χ1) is 37.9. The zero-order chi connectivity index (χ0) is 63.3. The Balaban J connectivity index is 0.000000374. The zero-order valence-corrected chi connectivity index (χ0v) is 59.5. The van der Waals surface area contributed by atoms with E-state index >= 15 is 0 Å². The highest BCUT2D eigenvalue weighted by Gasteiger charge is 2.48. The lowest BCUT2D eigenvalue weighted by molar-refractivity contribution is -0.146. The number of hydrogen-bond donors (Lipinski definition) is 0. The fraction of sp³-hybridized carbons (Fsp3) is 0.944. The standard InChI is InChI=1S/C19H35NO2.2C18H35NO.C17H33NO2/c1-12(2)17-10-14(5)15(6)20(17)19(21)18(13(3)4)16-8-7-9-22-11-16;1-11(2)9-16(12(3)4)18(20)19-15(8)14(7)10-17(19)13(5)6;1-9-13(6)17(12(4)5)18(20)19-15(8)14(7)10-16(19)11(2)3;1-10(2)15-9-12(5)13(6)18(15)17(19)16(11(3)4)14(7)20-8/h12-18H,7-11H2,1-6H3;2*11-17H,9-10H2,1-8H3;10-16H,9H2,1-8H3/t14?,15?,16?,17-,18?;14?,15?,16?,17-;13?,14?,15?,16-,17?;12?,13?,14?,15-,16?/m0000/s1. The molecule has 5 aliphatic heterocycles. The van der Waals surface area contributed by atoms with Crippen LogP contribution in [0, 0.1) is 112 Å². The Morgan fingerprint density at radius 1 is 0.463 bits per heavy atom. The summed E-state index contributed by atoms with van der Waals surface area (Å²) in [6.07, 6.45) is 8.90. The molecule has 5 fully saturated rings. The van der Waals surface area contributed by atoms with Gasteiger partial charge in [-0.15, -0.1) is 0 Å². The second-order valence-corrected chi connectivity index (χ2v) is 31.1. The van der Waals surface area contributed by atoms with Gasteiger partial charge in [-0.05, 0) is 168 Å². The average molecular weight is 1160 g/mol. The molecule has 5 heterocycles.